The van der Waals surface area contributed by atoms with E-state index in [1.54, 1.807) is 4.68 Å². The highest BCUT2D eigenvalue weighted by Gasteiger charge is 2.39. The number of hydrogen-bond donors (Lipinski definition) is 1. The minimum absolute atomic E-state index is 0.352. The summed E-state index contributed by atoms with van der Waals surface area (Å²) in [6.07, 6.45) is 4.83. The molecule has 1 aliphatic carbocycles. The van der Waals surface area contributed by atoms with Crippen LogP contribution in [0.25, 0.3) is 0 Å². The molecule has 3 nitrogen and oxygen atoms in total. The van der Waals surface area contributed by atoms with Gasteiger partial charge in [-0.2, -0.15) is 5.10 Å². The molecule has 0 spiro atoms. The van der Waals surface area contributed by atoms with Gasteiger partial charge in [-0.25, -0.2) is 0 Å². The largest absolute Gasteiger partial charge is 0.387 e. The van der Waals surface area contributed by atoms with Gasteiger partial charge in [-0.3, -0.25) is 4.68 Å². The highest BCUT2D eigenvalue weighted by atomic mass is 16.3. The number of aliphatic hydroxyl groups excluding tert-OH is 1. The van der Waals surface area contributed by atoms with Gasteiger partial charge in [-0.15, -0.1) is 0 Å². The van der Waals surface area contributed by atoms with Crippen LogP contribution in [-0.4, -0.2) is 14.9 Å². The van der Waals surface area contributed by atoms with E-state index in [1.165, 1.54) is 12.8 Å². The average Bonchev–Trinajstić information content (AvgIpc) is 2.70. The van der Waals surface area contributed by atoms with Gasteiger partial charge in [0.2, 0.25) is 0 Å². The predicted octanol–water partition coefficient (Wildman–Crippen LogP) is 1.95. The lowest BCUT2D eigenvalue weighted by Crippen LogP contribution is -2.10. The lowest BCUT2D eigenvalue weighted by Gasteiger charge is -2.16. The van der Waals surface area contributed by atoms with Crippen molar-refractivity contribution in [3.63, 3.8) is 0 Å². The lowest BCUT2D eigenvalue weighted by molar-refractivity contribution is 0.133. The van der Waals surface area contributed by atoms with Crippen LogP contribution in [0.5, 0.6) is 0 Å². The van der Waals surface area contributed by atoms with Crippen molar-refractivity contribution in [2.24, 2.45) is 12.5 Å². The molecule has 1 heterocycles. The van der Waals surface area contributed by atoms with Crippen molar-refractivity contribution < 1.29 is 5.11 Å². The first-order valence-corrected chi connectivity index (χ1v) is 5.18. The zero-order valence-corrected chi connectivity index (χ0v) is 9.12. The predicted molar refractivity (Wildman–Crippen MR) is 54.9 cm³/mol. The quantitative estimate of drug-likeness (QED) is 0.798. The minimum Gasteiger partial charge on any atom is -0.387 e. The average molecular weight is 194 g/mol. The van der Waals surface area contributed by atoms with Crippen LogP contribution in [0.1, 0.15) is 43.5 Å². The van der Waals surface area contributed by atoms with Crippen LogP contribution in [0.15, 0.2) is 6.20 Å². The highest BCUT2D eigenvalue weighted by molar-refractivity contribution is 5.18. The van der Waals surface area contributed by atoms with Gasteiger partial charge in [0.05, 0.1) is 18.0 Å². The monoisotopic (exact) mass is 194 g/mol. The number of aryl methyl sites for hydroxylation is 2. The van der Waals surface area contributed by atoms with Gasteiger partial charge >= 0.3 is 0 Å². The summed E-state index contributed by atoms with van der Waals surface area (Å²) >= 11 is 0. The summed E-state index contributed by atoms with van der Waals surface area (Å²) in [5.41, 5.74) is 2.44. The summed E-state index contributed by atoms with van der Waals surface area (Å²) in [6.45, 7) is 4.24. The van der Waals surface area contributed by atoms with Crippen LogP contribution in [-0.2, 0) is 7.05 Å². The summed E-state index contributed by atoms with van der Waals surface area (Å²) < 4.78 is 1.78. The Hall–Kier alpha value is -0.830. The molecule has 1 N–H and O–H groups in total. The Labute approximate surface area is 84.7 Å². The zero-order valence-electron chi connectivity index (χ0n) is 9.12. The van der Waals surface area contributed by atoms with Gasteiger partial charge in [0.1, 0.15) is 0 Å². The third-order valence-corrected chi connectivity index (χ3v) is 3.28. The Morgan fingerprint density at radius 1 is 1.64 bits per heavy atom. The second kappa shape index (κ2) is 3.09. The molecule has 3 heteroatoms. The van der Waals surface area contributed by atoms with Crippen molar-refractivity contribution >= 4 is 0 Å². The molecule has 78 valence electrons. The summed E-state index contributed by atoms with van der Waals surface area (Å²) in [7, 11) is 1.89. The molecular weight excluding hydrogens is 176 g/mol. The molecule has 1 atom stereocenters. The number of rotatable bonds is 3. The number of aliphatic hydroxyl groups is 1. The Morgan fingerprint density at radius 2 is 2.29 bits per heavy atom. The molecule has 1 unspecified atom stereocenters. The first-order valence-electron chi connectivity index (χ1n) is 5.18. The third kappa shape index (κ3) is 1.69. The second-order valence-corrected chi connectivity index (χ2v) is 4.87. The summed E-state index contributed by atoms with van der Waals surface area (Å²) in [5, 5.41) is 14.2. The molecule has 0 bridgehead atoms. The van der Waals surface area contributed by atoms with Crippen molar-refractivity contribution in [3.05, 3.63) is 17.5 Å². The van der Waals surface area contributed by atoms with E-state index in [-0.39, 0.29) is 6.10 Å². The van der Waals surface area contributed by atoms with Crippen molar-refractivity contribution in [1.82, 2.24) is 9.78 Å². The van der Waals surface area contributed by atoms with Gasteiger partial charge in [0.15, 0.2) is 0 Å². The van der Waals surface area contributed by atoms with Crippen LogP contribution >= 0.6 is 0 Å². The van der Waals surface area contributed by atoms with Gasteiger partial charge in [0.25, 0.3) is 0 Å². The molecular formula is C11H18N2O. The number of aromatic nitrogens is 2. The zero-order chi connectivity index (χ0) is 10.3. The Bertz CT molecular complexity index is 320. The Balaban J connectivity index is 2.14. The summed E-state index contributed by atoms with van der Waals surface area (Å²) in [5.74, 6) is 0. The molecule has 1 aromatic rings. The molecule has 1 saturated carbocycles. The van der Waals surface area contributed by atoms with E-state index in [4.69, 9.17) is 0 Å². The minimum atomic E-state index is -0.352. The number of hydrogen-bond acceptors (Lipinski definition) is 2. The van der Waals surface area contributed by atoms with Gasteiger partial charge in [-0.05, 0) is 37.2 Å². The SMILES string of the molecule is Cc1cnn(C)c1C(O)CC1(C)CC1. The number of nitrogens with zero attached hydrogens (tertiary/aromatic N) is 2. The van der Waals surface area contributed by atoms with Crippen LogP contribution in [0.2, 0.25) is 0 Å². The molecule has 1 fully saturated rings. The Kier molecular flexibility index (Phi) is 2.14. The van der Waals surface area contributed by atoms with E-state index in [1.807, 2.05) is 20.2 Å². The van der Waals surface area contributed by atoms with E-state index in [0.717, 1.165) is 17.7 Å². The van der Waals surface area contributed by atoms with Crippen LogP contribution in [0.3, 0.4) is 0 Å². The third-order valence-electron chi connectivity index (χ3n) is 3.28. The molecule has 1 aromatic heterocycles. The van der Waals surface area contributed by atoms with E-state index in [9.17, 15) is 5.11 Å². The van der Waals surface area contributed by atoms with Crippen LogP contribution in [0, 0.1) is 12.3 Å². The normalized spacial score (nSPS) is 20.9. The lowest BCUT2D eigenvalue weighted by atomic mass is 9.98. The molecule has 0 aliphatic heterocycles. The summed E-state index contributed by atoms with van der Waals surface area (Å²) in [6, 6.07) is 0. The molecule has 2 rings (SSSR count). The first-order chi connectivity index (χ1) is 6.52. The maximum Gasteiger partial charge on any atom is 0.0964 e. The first kappa shape index (κ1) is 9.71. The fourth-order valence-electron chi connectivity index (χ4n) is 2.02. The Morgan fingerprint density at radius 3 is 2.71 bits per heavy atom. The summed E-state index contributed by atoms with van der Waals surface area (Å²) in [4.78, 5) is 0. The standard InChI is InChI=1S/C11H18N2O/c1-8-7-12-13(3)10(8)9(14)6-11(2)4-5-11/h7,9,14H,4-6H2,1-3H3. The van der Waals surface area contributed by atoms with Gasteiger partial charge in [-0.1, -0.05) is 6.92 Å². The molecule has 14 heavy (non-hydrogen) atoms. The van der Waals surface area contributed by atoms with Gasteiger partial charge in [0, 0.05) is 7.05 Å². The molecule has 0 aromatic carbocycles. The molecule has 0 amide bonds. The van der Waals surface area contributed by atoms with E-state index >= 15 is 0 Å². The van der Waals surface area contributed by atoms with E-state index in [2.05, 4.69) is 12.0 Å². The van der Waals surface area contributed by atoms with Crippen LogP contribution in [0.4, 0.5) is 0 Å². The van der Waals surface area contributed by atoms with Crippen molar-refractivity contribution in [3.8, 4) is 0 Å². The second-order valence-electron chi connectivity index (χ2n) is 4.87. The van der Waals surface area contributed by atoms with E-state index < -0.39 is 0 Å². The maximum atomic E-state index is 10.1. The van der Waals surface area contributed by atoms with E-state index in [0.29, 0.717) is 5.41 Å². The molecule has 0 radical (unpaired) electrons. The fraction of sp³-hybridized carbons (Fsp3) is 0.727. The highest BCUT2D eigenvalue weighted by Crippen LogP contribution is 2.51. The fourth-order valence-corrected chi connectivity index (χ4v) is 2.02. The van der Waals surface area contributed by atoms with Gasteiger partial charge < -0.3 is 5.11 Å². The molecule has 1 aliphatic rings. The molecule has 0 saturated heterocycles. The topological polar surface area (TPSA) is 38.0 Å². The maximum absolute atomic E-state index is 10.1. The van der Waals surface area contributed by atoms with Crippen molar-refractivity contribution in [2.45, 2.75) is 39.2 Å². The van der Waals surface area contributed by atoms with Crippen LogP contribution < -0.4 is 0 Å². The van der Waals surface area contributed by atoms with Crippen molar-refractivity contribution in [1.29, 1.82) is 0 Å². The smallest absolute Gasteiger partial charge is 0.0964 e. The van der Waals surface area contributed by atoms with Crippen molar-refractivity contribution in [2.75, 3.05) is 0 Å².